The first kappa shape index (κ1) is 7.97. The number of hydrogen-bond acceptors (Lipinski definition) is 4. The zero-order valence-corrected chi connectivity index (χ0v) is 7.17. The second-order valence-electron chi connectivity index (χ2n) is 3.10. The lowest BCUT2D eigenvalue weighted by atomic mass is 10.4. The molecule has 2 rings (SSSR count). The fourth-order valence-electron chi connectivity index (χ4n) is 1.29. The van der Waals surface area contributed by atoms with Crippen LogP contribution in [0.4, 0.5) is 11.5 Å². The van der Waals surface area contributed by atoms with Crippen molar-refractivity contribution in [3.05, 3.63) is 28.4 Å². The molecule has 2 heterocycles. The standard InChI is InChI=1S/C8H9N3O2/c1-6-5-10(6)8-7(11(12)13)3-2-4-9-8/h2-4,6H,5H2,1H3. The molecule has 1 aliphatic heterocycles. The van der Waals surface area contributed by atoms with Gasteiger partial charge in [-0.2, -0.15) is 0 Å². The van der Waals surface area contributed by atoms with E-state index in [1.54, 1.807) is 12.3 Å². The molecule has 1 aromatic heterocycles. The predicted octanol–water partition coefficient (Wildman–Crippen LogP) is 1.20. The molecule has 0 aromatic carbocycles. The minimum Gasteiger partial charge on any atom is -0.344 e. The molecule has 0 bridgehead atoms. The van der Waals surface area contributed by atoms with Crippen LogP contribution in [0, 0.1) is 10.1 Å². The highest BCUT2D eigenvalue weighted by Crippen LogP contribution is 2.32. The number of rotatable bonds is 2. The molecule has 5 heteroatoms. The van der Waals surface area contributed by atoms with E-state index in [1.165, 1.54) is 6.07 Å². The van der Waals surface area contributed by atoms with Crippen molar-refractivity contribution >= 4 is 11.5 Å². The highest BCUT2D eigenvalue weighted by molar-refractivity contribution is 5.61. The maximum Gasteiger partial charge on any atom is 0.311 e. The van der Waals surface area contributed by atoms with Crippen molar-refractivity contribution in [2.24, 2.45) is 0 Å². The number of aromatic nitrogens is 1. The van der Waals surface area contributed by atoms with Gasteiger partial charge >= 0.3 is 5.69 Å². The first-order chi connectivity index (χ1) is 6.20. The van der Waals surface area contributed by atoms with E-state index in [2.05, 4.69) is 4.98 Å². The predicted molar refractivity (Wildman–Crippen MR) is 47.7 cm³/mol. The average Bonchev–Trinajstić information content (AvgIpc) is 2.82. The van der Waals surface area contributed by atoms with Crippen LogP contribution in [0.1, 0.15) is 6.92 Å². The number of nitro groups is 1. The molecular formula is C8H9N3O2. The molecule has 68 valence electrons. The van der Waals surface area contributed by atoms with Crippen LogP contribution in [0.3, 0.4) is 0 Å². The lowest BCUT2D eigenvalue weighted by Crippen LogP contribution is -2.02. The summed E-state index contributed by atoms with van der Waals surface area (Å²) in [5, 5.41) is 10.6. The third-order valence-corrected chi connectivity index (χ3v) is 2.09. The molecule has 1 unspecified atom stereocenters. The molecule has 1 fully saturated rings. The highest BCUT2D eigenvalue weighted by Gasteiger charge is 2.35. The third-order valence-electron chi connectivity index (χ3n) is 2.09. The summed E-state index contributed by atoms with van der Waals surface area (Å²) in [6.45, 7) is 2.87. The molecule has 0 saturated carbocycles. The monoisotopic (exact) mass is 179 g/mol. The molecule has 1 atom stereocenters. The summed E-state index contributed by atoms with van der Waals surface area (Å²) in [7, 11) is 0. The number of hydrogen-bond donors (Lipinski definition) is 0. The van der Waals surface area contributed by atoms with E-state index in [9.17, 15) is 10.1 Å². The van der Waals surface area contributed by atoms with E-state index in [4.69, 9.17) is 0 Å². The molecular weight excluding hydrogens is 170 g/mol. The van der Waals surface area contributed by atoms with Crippen molar-refractivity contribution in [1.82, 2.24) is 4.98 Å². The van der Waals surface area contributed by atoms with Gasteiger partial charge in [-0.3, -0.25) is 10.1 Å². The largest absolute Gasteiger partial charge is 0.344 e. The van der Waals surface area contributed by atoms with Gasteiger partial charge in [0, 0.05) is 24.8 Å². The SMILES string of the molecule is CC1CN1c1ncccc1[N+](=O)[O-]. The molecule has 0 aliphatic carbocycles. The lowest BCUT2D eigenvalue weighted by molar-refractivity contribution is -0.384. The maximum absolute atomic E-state index is 10.6. The van der Waals surface area contributed by atoms with Crippen LogP contribution in [-0.2, 0) is 0 Å². The Morgan fingerprint density at radius 1 is 1.77 bits per heavy atom. The van der Waals surface area contributed by atoms with E-state index in [-0.39, 0.29) is 5.69 Å². The lowest BCUT2D eigenvalue weighted by Gasteiger charge is -2.02. The fraction of sp³-hybridized carbons (Fsp3) is 0.375. The Morgan fingerprint density at radius 3 is 3.00 bits per heavy atom. The number of anilines is 1. The van der Waals surface area contributed by atoms with Crippen molar-refractivity contribution in [3.8, 4) is 0 Å². The molecule has 0 radical (unpaired) electrons. The minimum absolute atomic E-state index is 0.0897. The Bertz CT molecular complexity index is 353. The molecule has 13 heavy (non-hydrogen) atoms. The van der Waals surface area contributed by atoms with E-state index in [0.29, 0.717) is 11.9 Å². The van der Waals surface area contributed by atoms with Crippen LogP contribution < -0.4 is 4.90 Å². The second kappa shape index (κ2) is 2.69. The molecule has 0 spiro atoms. The van der Waals surface area contributed by atoms with Gasteiger partial charge in [-0.1, -0.05) is 0 Å². The van der Waals surface area contributed by atoms with Crippen molar-refractivity contribution < 1.29 is 4.92 Å². The summed E-state index contributed by atoms with van der Waals surface area (Å²) < 4.78 is 0. The summed E-state index contributed by atoms with van der Waals surface area (Å²) in [4.78, 5) is 16.1. The topological polar surface area (TPSA) is 59.0 Å². The first-order valence-corrected chi connectivity index (χ1v) is 4.06. The zero-order valence-electron chi connectivity index (χ0n) is 7.17. The van der Waals surface area contributed by atoms with Gasteiger partial charge in [0.1, 0.15) is 0 Å². The van der Waals surface area contributed by atoms with Crippen molar-refractivity contribution in [1.29, 1.82) is 0 Å². The van der Waals surface area contributed by atoms with Gasteiger partial charge in [0.15, 0.2) is 0 Å². The van der Waals surface area contributed by atoms with Gasteiger partial charge in [0.25, 0.3) is 0 Å². The van der Waals surface area contributed by atoms with Crippen LogP contribution in [0.25, 0.3) is 0 Å². The van der Waals surface area contributed by atoms with Crippen molar-refractivity contribution in [2.75, 3.05) is 11.4 Å². The Balaban J connectivity index is 2.38. The van der Waals surface area contributed by atoms with Crippen LogP contribution in [-0.4, -0.2) is 22.5 Å². The summed E-state index contributed by atoms with van der Waals surface area (Å²) >= 11 is 0. The summed E-state index contributed by atoms with van der Waals surface area (Å²) in [5.74, 6) is 0.486. The molecule has 1 aromatic rings. The van der Waals surface area contributed by atoms with Crippen LogP contribution >= 0.6 is 0 Å². The second-order valence-corrected chi connectivity index (χ2v) is 3.10. The van der Waals surface area contributed by atoms with Gasteiger partial charge < -0.3 is 4.90 Å². The van der Waals surface area contributed by atoms with E-state index < -0.39 is 4.92 Å². The van der Waals surface area contributed by atoms with Crippen LogP contribution in [0.5, 0.6) is 0 Å². The first-order valence-electron chi connectivity index (χ1n) is 4.06. The molecule has 1 saturated heterocycles. The smallest absolute Gasteiger partial charge is 0.311 e. The number of nitrogens with zero attached hydrogens (tertiary/aromatic N) is 3. The number of pyridine rings is 1. The average molecular weight is 179 g/mol. The van der Waals surface area contributed by atoms with Crippen LogP contribution in [0.2, 0.25) is 0 Å². The summed E-state index contributed by atoms with van der Waals surface area (Å²) in [5.41, 5.74) is 0.0897. The minimum atomic E-state index is -0.395. The van der Waals surface area contributed by atoms with E-state index in [1.807, 2.05) is 11.8 Å². The Labute approximate surface area is 75.2 Å². The Kier molecular flexibility index (Phi) is 1.65. The van der Waals surface area contributed by atoms with Crippen molar-refractivity contribution in [2.45, 2.75) is 13.0 Å². The molecule has 0 amide bonds. The quantitative estimate of drug-likeness (QED) is 0.389. The van der Waals surface area contributed by atoms with Crippen molar-refractivity contribution in [3.63, 3.8) is 0 Å². The van der Waals surface area contributed by atoms with Gasteiger partial charge in [0.2, 0.25) is 5.82 Å². The van der Waals surface area contributed by atoms with Gasteiger partial charge in [0.05, 0.1) is 4.92 Å². The summed E-state index contributed by atoms with van der Waals surface area (Å²) in [6, 6.07) is 3.44. The fourth-order valence-corrected chi connectivity index (χ4v) is 1.29. The third kappa shape index (κ3) is 1.32. The normalized spacial score (nSPS) is 20.1. The molecule has 0 N–H and O–H groups in total. The molecule has 5 nitrogen and oxygen atoms in total. The van der Waals surface area contributed by atoms with Gasteiger partial charge in [-0.25, -0.2) is 4.98 Å². The zero-order chi connectivity index (χ0) is 9.42. The van der Waals surface area contributed by atoms with Gasteiger partial charge in [-0.15, -0.1) is 0 Å². The van der Waals surface area contributed by atoms with E-state index in [0.717, 1.165) is 6.54 Å². The highest BCUT2D eigenvalue weighted by atomic mass is 16.6. The Morgan fingerprint density at radius 2 is 2.46 bits per heavy atom. The Hall–Kier alpha value is -1.65. The summed E-state index contributed by atoms with van der Waals surface area (Å²) in [6.07, 6.45) is 1.58. The maximum atomic E-state index is 10.6. The van der Waals surface area contributed by atoms with Crippen LogP contribution in [0.15, 0.2) is 18.3 Å². The molecule has 1 aliphatic rings. The van der Waals surface area contributed by atoms with E-state index >= 15 is 0 Å². The van der Waals surface area contributed by atoms with Gasteiger partial charge in [-0.05, 0) is 13.0 Å².